The third kappa shape index (κ3) is 6.32. The Balaban J connectivity index is 1.76. The van der Waals surface area contributed by atoms with Crippen LogP contribution in [0.2, 0.25) is 0 Å². The lowest BCUT2D eigenvalue weighted by Crippen LogP contribution is -2.47. The van der Waals surface area contributed by atoms with E-state index in [2.05, 4.69) is 29.4 Å². The minimum Gasteiger partial charge on any atom is -0.381 e. The molecule has 0 aromatic heterocycles. The maximum Gasteiger partial charge on any atom is 0.234 e. The Hall–Kier alpha value is -0.650. The highest BCUT2D eigenvalue weighted by Crippen LogP contribution is 2.10. The van der Waals surface area contributed by atoms with Gasteiger partial charge in [-0.05, 0) is 38.1 Å². The van der Waals surface area contributed by atoms with E-state index in [1.54, 1.807) is 0 Å². The van der Waals surface area contributed by atoms with Gasteiger partial charge in [-0.2, -0.15) is 0 Å². The van der Waals surface area contributed by atoms with E-state index in [0.29, 0.717) is 24.5 Å². The van der Waals surface area contributed by atoms with Crippen molar-refractivity contribution in [2.75, 3.05) is 39.4 Å². The fourth-order valence-corrected chi connectivity index (χ4v) is 3.26. The molecule has 2 heterocycles. The van der Waals surface area contributed by atoms with Crippen LogP contribution >= 0.6 is 0 Å². The van der Waals surface area contributed by atoms with Crippen LogP contribution in [0.3, 0.4) is 0 Å². The van der Waals surface area contributed by atoms with Crippen LogP contribution < -0.4 is 10.6 Å². The Morgan fingerprint density at radius 1 is 1.33 bits per heavy atom. The van der Waals surface area contributed by atoms with Crippen LogP contribution in [-0.4, -0.2) is 62.3 Å². The van der Waals surface area contributed by atoms with Gasteiger partial charge in [0.25, 0.3) is 0 Å². The molecule has 2 fully saturated rings. The van der Waals surface area contributed by atoms with Crippen LogP contribution in [0.25, 0.3) is 0 Å². The Bertz CT molecular complexity index is 311. The molecule has 2 N–H and O–H groups in total. The zero-order valence-corrected chi connectivity index (χ0v) is 13.6. The second-order valence-electron chi connectivity index (χ2n) is 6.84. The molecule has 0 spiro atoms. The maximum absolute atomic E-state index is 12.3. The standard InChI is InChI=1S/C16H31N3O2/c1-13(2)10-19(11-15-4-3-7-17-15)12-16(20)18-14-5-8-21-9-6-14/h13-15,17H,3-12H2,1-2H3,(H,18,20). The SMILES string of the molecule is CC(C)CN(CC(=O)NC1CCOCC1)CC1CCCN1. The summed E-state index contributed by atoms with van der Waals surface area (Å²) in [4.78, 5) is 14.6. The van der Waals surface area contributed by atoms with E-state index in [-0.39, 0.29) is 5.91 Å². The minimum atomic E-state index is 0.167. The molecule has 2 aliphatic heterocycles. The van der Waals surface area contributed by atoms with Gasteiger partial charge in [-0.25, -0.2) is 0 Å². The number of carbonyl (C=O) groups is 1. The second-order valence-corrected chi connectivity index (χ2v) is 6.84. The predicted octanol–water partition coefficient (Wildman–Crippen LogP) is 0.992. The predicted molar refractivity (Wildman–Crippen MR) is 84.3 cm³/mol. The minimum absolute atomic E-state index is 0.167. The lowest BCUT2D eigenvalue weighted by atomic mass is 10.1. The Kier molecular flexibility index (Phi) is 6.93. The molecular formula is C16H31N3O2. The smallest absolute Gasteiger partial charge is 0.234 e. The van der Waals surface area contributed by atoms with Gasteiger partial charge in [-0.1, -0.05) is 13.8 Å². The van der Waals surface area contributed by atoms with Crippen LogP contribution in [0, 0.1) is 5.92 Å². The van der Waals surface area contributed by atoms with Gasteiger partial charge < -0.3 is 15.4 Å². The summed E-state index contributed by atoms with van der Waals surface area (Å²) in [6.45, 7) is 9.58. The molecule has 0 saturated carbocycles. The lowest BCUT2D eigenvalue weighted by molar-refractivity contribution is -0.123. The molecule has 0 radical (unpaired) electrons. The van der Waals surface area contributed by atoms with Crippen molar-refractivity contribution in [1.82, 2.24) is 15.5 Å². The molecule has 0 aromatic carbocycles. The molecule has 2 rings (SSSR count). The van der Waals surface area contributed by atoms with Gasteiger partial charge in [0.2, 0.25) is 5.91 Å². The van der Waals surface area contributed by atoms with E-state index in [1.807, 2.05) is 0 Å². The zero-order valence-electron chi connectivity index (χ0n) is 13.6. The van der Waals surface area contributed by atoms with E-state index in [4.69, 9.17) is 4.74 Å². The first-order chi connectivity index (χ1) is 10.1. The summed E-state index contributed by atoms with van der Waals surface area (Å²) in [6, 6.07) is 0.858. The molecule has 5 heteroatoms. The third-order valence-corrected chi connectivity index (χ3v) is 4.22. The molecular weight excluding hydrogens is 266 g/mol. The monoisotopic (exact) mass is 297 g/mol. The number of amides is 1. The molecule has 2 aliphatic rings. The molecule has 21 heavy (non-hydrogen) atoms. The number of nitrogens with zero attached hydrogens (tertiary/aromatic N) is 1. The quantitative estimate of drug-likeness (QED) is 0.736. The largest absolute Gasteiger partial charge is 0.381 e. The summed E-state index contributed by atoms with van der Waals surface area (Å²) in [6.07, 6.45) is 4.38. The Morgan fingerprint density at radius 2 is 2.10 bits per heavy atom. The summed E-state index contributed by atoms with van der Waals surface area (Å²) in [5, 5.41) is 6.69. The van der Waals surface area contributed by atoms with Crippen LogP contribution in [0.4, 0.5) is 0 Å². The summed E-state index contributed by atoms with van der Waals surface area (Å²) >= 11 is 0. The Morgan fingerprint density at radius 3 is 2.71 bits per heavy atom. The van der Waals surface area contributed by atoms with Gasteiger partial charge in [-0.15, -0.1) is 0 Å². The molecule has 0 bridgehead atoms. The van der Waals surface area contributed by atoms with Gasteiger partial charge in [0.1, 0.15) is 0 Å². The fourth-order valence-electron chi connectivity index (χ4n) is 3.26. The molecule has 1 atom stereocenters. The summed E-state index contributed by atoms with van der Waals surface area (Å²) in [5.41, 5.74) is 0. The van der Waals surface area contributed by atoms with Crippen molar-refractivity contribution >= 4 is 5.91 Å². The zero-order chi connectivity index (χ0) is 15.1. The number of nitrogens with one attached hydrogen (secondary N) is 2. The van der Waals surface area contributed by atoms with E-state index >= 15 is 0 Å². The summed E-state index contributed by atoms with van der Waals surface area (Å²) in [5.74, 6) is 0.753. The molecule has 1 unspecified atom stereocenters. The first-order valence-corrected chi connectivity index (χ1v) is 8.46. The third-order valence-electron chi connectivity index (χ3n) is 4.22. The molecule has 0 aromatic rings. The van der Waals surface area contributed by atoms with Gasteiger partial charge >= 0.3 is 0 Å². The number of hydrogen-bond acceptors (Lipinski definition) is 4. The molecule has 0 aliphatic carbocycles. The molecule has 122 valence electrons. The number of ether oxygens (including phenoxy) is 1. The highest BCUT2D eigenvalue weighted by Gasteiger charge is 2.22. The van der Waals surface area contributed by atoms with Crippen LogP contribution in [0.5, 0.6) is 0 Å². The van der Waals surface area contributed by atoms with Crippen molar-refractivity contribution < 1.29 is 9.53 Å². The summed E-state index contributed by atoms with van der Waals surface area (Å²) < 4.78 is 5.33. The fraction of sp³-hybridized carbons (Fsp3) is 0.938. The first-order valence-electron chi connectivity index (χ1n) is 8.46. The topological polar surface area (TPSA) is 53.6 Å². The van der Waals surface area contributed by atoms with Crippen molar-refractivity contribution in [2.45, 2.75) is 51.6 Å². The van der Waals surface area contributed by atoms with Gasteiger partial charge in [0.05, 0.1) is 6.54 Å². The van der Waals surface area contributed by atoms with E-state index in [1.165, 1.54) is 12.8 Å². The highest BCUT2D eigenvalue weighted by molar-refractivity contribution is 5.78. The molecule has 5 nitrogen and oxygen atoms in total. The van der Waals surface area contributed by atoms with Gasteiger partial charge in [0, 0.05) is 38.4 Å². The normalized spacial score (nSPS) is 23.9. The van der Waals surface area contributed by atoms with E-state index < -0.39 is 0 Å². The van der Waals surface area contributed by atoms with Crippen LogP contribution in [0.15, 0.2) is 0 Å². The lowest BCUT2D eigenvalue weighted by Gasteiger charge is -2.28. The maximum atomic E-state index is 12.3. The number of rotatable bonds is 7. The van der Waals surface area contributed by atoms with Gasteiger partial charge in [0.15, 0.2) is 0 Å². The highest BCUT2D eigenvalue weighted by atomic mass is 16.5. The van der Waals surface area contributed by atoms with E-state index in [0.717, 1.165) is 45.7 Å². The van der Waals surface area contributed by atoms with Crippen LogP contribution in [0.1, 0.15) is 39.5 Å². The number of hydrogen-bond donors (Lipinski definition) is 2. The average Bonchev–Trinajstić information content (AvgIpc) is 2.91. The molecule has 1 amide bonds. The van der Waals surface area contributed by atoms with Crippen molar-refractivity contribution in [3.05, 3.63) is 0 Å². The van der Waals surface area contributed by atoms with E-state index in [9.17, 15) is 4.79 Å². The van der Waals surface area contributed by atoms with Crippen molar-refractivity contribution in [1.29, 1.82) is 0 Å². The molecule has 2 saturated heterocycles. The Labute approximate surface area is 128 Å². The van der Waals surface area contributed by atoms with Gasteiger partial charge in [-0.3, -0.25) is 9.69 Å². The van der Waals surface area contributed by atoms with Crippen molar-refractivity contribution in [2.24, 2.45) is 5.92 Å². The summed E-state index contributed by atoms with van der Waals surface area (Å²) in [7, 11) is 0. The first kappa shape index (κ1) is 16.7. The second kappa shape index (κ2) is 8.71. The van der Waals surface area contributed by atoms with Crippen molar-refractivity contribution in [3.8, 4) is 0 Å². The van der Waals surface area contributed by atoms with Crippen LogP contribution in [-0.2, 0) is 9.53 Å². The average molecular weight is 297 g/mol. The number of carbonyl (C=O) groups excluding carboxylic acids is 1. The van der Waals surface area contributed by atoms with Crippen molar-refractivity contribution in [3.63, 3.8) is 0 Å².